The molecule has 0 bridgehead atoms. The molecule has 4 heteroatoms. The van der Waals surface area contributed by atoms with Gasteiger partial charge >= 0.3 is 0 Å². The first-order valence-corrected chi connectivity index (χ1v) is 7.84. The molecular formula is C17H29NO3. The Bertz CT molecular complexity index is 396. The lowest BCUT2D eigenvalue weighted by atomic mass is 10.0. The Morgan fingerprint density at radius 2 is 1.81 bits per heavy atom. The molecule has 0 radical (unpaired) electrons. The van der Waals surface area contributed by atoms with Gasteiger partial charge in [0.1, 0.15) is 0 Å². The summed E-state index contributed by atoms with van der Waals surface area (Å²) >= 11 is 0. The number of unbranched alkanes of at least 4 members (excludes halogenated alkanes) is 1. The van der Waals surface area contributed by atoms with Crippen LogP contribution in [0.1, 0.15) is 38.7 Å². The van der Waals surface area contributed by atoms with Crippen LogP contribution in [0.25, 0.3) is 0 Å². The quantitative estimate of drug-likeness (QED) is 0.637. The fourth-order valence-electron chi connectivity index (χ4n) is 2.04. The topological polar surface area (TPSA) is 53.7 Å². The average Bonchev–Trinajstić information content (AvgIpc) is 2.49. The molecule has 1 atom stereocenters. The lowest BCUT2D eigenvalue weighted by Crippen LogP contribution is -2.21. The molecule has 0 amide bonds. The number of hydrogen-bond donors (Lipinski definition) is 1. The maximum Gasteiger partial charge on any atom is 0.161 e. The highest BCUT2D eigenvalue weighted by molar-refractivity contribution is 5.43. The van der Waals surface area contributed by atoms with Gasteiger partial charge in [-0.15, -0.1) is 0 Å². The Hall–Kier alpha value is -1.26. The van der Waals surface area contributed by atoms with E-state index < -0.39 is 0 Å². The molecule has 0 saturated heterocycles. The minimum absolute atomic E-state index is 0.195. The predicted octanol–water partition coefficient (Wildman–Crippen LogP) is 3.17. The Kier molecular flexibility index (Phi) is 8.87. The second kappa shape index (κ2) is 10.5. The Balaban J connectivity index is 2.61. The third-order valence-corrected chi connectivity index (χ3v) is 3.33. The van der Waals surface area contributed by atoms with Gasteiger partial charge in [-0.3, -0.25) is 0 Å². The monoisotopic (exact) mass is 295 g/mol. The molecule has 4 nitrogen and oxygen atoms in total. The van der Waals surface area contributed by atoms with Gasteiger partial charge in [0, 0.05) is 19.8 Å². The molecule has 0 aliphatic carbocycles. The van der Waals surface area contributed by atoms with E-state index in [9.17, 15) is 0 Å². The first-order chi connectivity index (χ1) is 10.2. The van der Waals surface area contributed by atoms with Crippen LogP contribution >= 0.6 is 0 Å². The average molecular weight is 295 g/mol. The zero-order valence-electron chi connectivity index (χ0n) is 13.6. The van der Waals surface area contributed by atoms with Crippen LogP contribution in [-0.2, 0) is 11.2 Å². The summed E-state index contributed by atoms with van der Waals surface area (Å²) in [5.41, 5.74) is 7.20. The molecule has 2 N–H and O–H groups in total. The van der Waals surface area contributed by atoms with Crippen LogP contribution in [0, 0.1) is 0 Å². The molecule has 0 fully saturated rings. The minimum Gasteiger partial charge on any atom is -0.490 e. The highest BCUT2D eigenvalue weighted by Crippen LogP contribution is 2.29. The molecule has 0 aliphatic heterocycles. The van der Waals surface area contributed by atoms with Crippen LogP contribution in [0.4, 0.5) is 0 Å². The molecule has 0 aromatic heterocycles. The van der Waals surface area contributed by atoms with Crippen LogP contribution in [0.2, 0.25) is 0 Å². The van der Waals surface area contributed by atoms with Gasteiger partial charge in [0.2, 0.25) is 0 Å². The van der Waals surface area contributed by atoms with E-state index in [0.29, 0.717) is 13.2 Å². The summed E-state index contributed by atoms with van der Waals surface area (Å²) in [4.78, 5) is 0. The van der Waals surface area contributed by atoms with E-state index in [-0.39, 0.29) is 6.04 Å². The van der Waals surface area contributed by atoms with Crippen molar-refractivity contribution in [2.75, 3.05) is 26.9 Å². The Morgan fingerprint density at radius 1 is 1.05 bits per heavy atom. The third kappa shape index (κ3) is 6.82. The van der Waals surface area contributed by atoms with E-state index in [1.54, 1.807) is 7.11 Å². The van der Waals surface area contributed by atoms with Gasteiger partial charge < -0.3 is 19.9 Å². The summed E-state index contributed by atoms with van der Waals surface area (Å²) in [5.74, 6) is 1.62. The van der Waals surface area contributed by atoms with E-state index in [2.05, 4.69) is 13.0 Å². The number of methoxy groups -OCH3 is 1. The Labute approximate surface area is 128 Å². The molecule has 0 heterocycles. The van der Waals surface area contributed by atoms with Crippen LogP contribution in [0.5, 0.6) is 11.5 Å². The lowest BCUT2D eigenvalue weighted by molar-refractivity contribution is 0.183. The van der Waals surface area contributed by atoms with E-state index in [1.807, 2.05) is 19.1 Å². The summed E-state index contributed by atoms with van der Waals surface area (Å²) in [7, 11) is 1.72. The standard InChI is InChI=1S/C17H29NO3/c1-4-15(18)12-14-8-9-16(17(13-14)20-5-2)21-11-7-6-10-19-3/h8-9,13,15H,4-7,10-12,18H2,1-3H3. The van der Waals surface area contributed by atoms with Gasteiger partial charge in [-0.2, -0.15) is 0 Å². The van der Waals surface area contributed by atoms with Gasteiger partial charge in [0.15, 0.2) is 11.5 Å². The number of rotatable bonds is 11. The molecule has 0 saturated carbocycles. The van der Waals surface area contributed by atoms with Gasteiger partial charge in [-0.05, 0) is 50.3 Å². The van der Waals surface area contributed by atoms with Crippen molar-refractivity contribution in [1.29, 1.82) is 0 Å². The predicted molar refractivity (Wildman–Crippen MR) is 86.2 cm³/mol. The second-order valence-electron chi connectivity index (χ2n) is 5.13. The molecule has 21 heavy (non-hydrogen) atoms. The number of hydrogen-bond acceptors (Lipinski definition) is 4. The number of ether oxygens (including phenoxy) is 3. The first-order valence-electron chi connectivity index (χ1n) is 7.84. The zero-order chi connectivity index (χ0) is 15.5. The van der Waals surface area contributed by atoms with Gasteiger partial charge in [0.25, 0.3) is 0 Å². The van der Waals surface area contributed by atoms with Crippen molar-refractivity contribution in [1.82, 2.24) is 0 Å². The molecule has 0 aliphatic rings. The first kappa shape index (κ1) is 17.8. The van der Waals surface area contributed by atoms with Crippen LogP contribution < -0.4 is 15.2 Å². The van der Waals surface area contributed by atoms with E-state index in [4.69, 9.17) is 19.9 Å². The van der Waals surface area contributed by atoms with Crippen molar-refractivity contribution in [2.24, 2.45) is 5.73 Å². The minimum atomic E-state index is 0.195. The summed E-state index contributed by atoms with van der Waals surface area (Å²) in [6.07, 6.45) is 3.82. The summed E-state index contributed by atoms with van der Waals surface area (Å²) < 4.78 is 16.5. The van der Waals surface area contributed by atoms with Crippen LogP contribution in [0.15, 0.2) is 18.2 Å². The largest absolute Gasteiger partial charge is 0.490 e. The smallest absolute Gasteiger partial charge is 0.161 e. The van der Waals surface area contributed by atoms with Crippen molar-refractivity contribution < 1.29 is 14.2 Å². The van der Waals surface area contributed by atoms with Crippen molar-refractivity contribution >= 4 is 0 Å². The maximum absolute atomic E-state index is 6.01. The van der Waals surface area contributed by atoms with Crippen molar-refractivity contribution in [3.05, 3.63) is 23.8 Å². The van der Waals surface area contributed by atoms with E-state index in [1.165, 1.54) is 5.56 Å². The van der Waals surface area contributed by atoms with Crippen molar-refractivity contribution in [3.8, 4) is 11.5 Å². The van der Waals surface area contributed by atoms with Gasteiger partial charge in [-0.1, -0.05) is 13.0 Å². The molecular weight excluding hydrogens is 266 g/mol. The molecule has 1 aromatic rings. The number of benzene rings is 1. The van der Waals surface area contributed by atoms with Crippen molar-refractivity contribution in [2.45, 2.75) is 45.6 Å². The summed E-state index contributed by atoms with van der Waals surface area (Å²) in [5, 5.41) is 0. The normalized spacial score (nSPS) is 12.2. The summed E-state index contributed by atoms with van der Waals surface area (Å²) in [6.45, 7) is 6.16. The molecule has 1 aromatic carbocycles. The second-order valence-corrected chi connectivity index (χ2v) is 5.13. The van der Waals surface area contributed by atoms with Gasteiger partial charge in [-0.25, -0.2) is 0 Å². The highest BCUT2D eigenvalue weighted by atomic mass is 16.5. The third-order valence-electron chi connectivity index (χ3n) is 3.33. The van der Waals surface area contributed by atoms with Gasteiger partial charge in [0.05, 0.1) is 13.2 Å². The lowest BCUT2D eigenvalue weighted by Gasteiger charge is -2.15. The fourth-order valence-corrected chi connectivity index (χ4v) is 2.04. The number of nitrogens with two attached hydrogens (primary N) is 1. The molecule has 0 spiro atoms. The SMILES string of the molecule is CCOc1cc(CC(N)CC)ccc1OCCCCOC. The van der Waals surface area contributed by atoms with Crippen LogP contribution in [-0.4, -0.2) is 33.0 Å². The highest BCUT2D eigenvalue weighted by Gasteiger charge is 2.08. The fraction of sp³-hybridized carbons (Fsp3) is 0.647. The van der Waals surface area contributed by atoms with E-state index >= 15 is 0 Å². The zero-order valence-corrected chi connectivity index (χ0v) is 13.6. The van der Waals surface area contributed by atoms with E-state index in [0.717, 1.165) is 43.8 Å². The summed E-state index contributed by atoms with van der Waals surface area (Å²) in [6, 6.07) is 6.30. The van der Waals surface area contributed by atoms with Crippen molar-refractivity contribution in [3.63, 3.8) is 0 Å². The maximum atomic E-state index is 6.01. The molecule has 1 rings (SSSR count). The Morgan fingerprint density at radius 3 is 2.48 bits per heavy atom. The van der Waals surface area contributed by atoms with Crippen LogP contribution in [0.3, 0.4) is 0 Å². The molecule has 1 unspecified atom stereocenters. The molecule has 120 valence electrons.